The van der Waals surface area contributed by atoms with E-state index in [2.05, 4.69) is 5.32 Å². The van der Waals surface area contributed by atoms with Gasteiger partial charge in [-0.1, -0.05) is 12.1 Å². The second-order valence-electron chi connectivity index (χ2n) is 3.90. The molecule has 0 spiro atoms. The number of halogens is 3. The Morgan fingerprint density at radius 3 is 2.53 bits per heavy atom. The summed E-state index contributed by atoms with van der Waals surface area (Å²) < 4.78 is 35.6. The summed E-state index contributed by atoms with van der Waals surface area (Å²) in [4.78, 5) is 21.8. The molecule has 0 radical (unpaired) electrons. The molecule has 0 aromatic heterocycles. The van der Waals surface area contributed by atoms with Crippen molar-refractivity contribution in [3.63, 3.8) is 0 Å². The van der Waals surface area contributed by atoms with Gasteiger partial charge in [-0.15, -0.1) is 0 Å². The molecule has 0 bridgehead atoms. The van der Waals surface area contributed by atoms with E-state index >= 15 is 0 Å². The molecule has 1 amide bonds. The summed E-state index contributed by atoms with van der Waals surface area (Å²) in [5.41, 5.74) is 0.572. The highest BCUT2D eigenvalue weighted by Crippen LogP contribution is 2.21. The van der Waals surface area contributed by atoms with Crippen LogP contribution in [0.1, 0.15) is 28.8 Å². The zero-order chi connectivity index (χ0) is 14.5. The summed E-state index contributed by atoms with van der Waals surface area (Å²) in [5.74, 6) is -1.83. The van der Waals surface area contributed by atoms with E-state index < -0.39 is 30.9 Å². The Balaban J connectivity index is 2.46. The summed E-state index contributed by atoms with van der Waals surface area (Å²) >= 11 is 0. The number of amides is 1. The second kappa shape index (κ2) is 6.21. The Morgan fingerprint density at radius 1 is 1.26 bits per heavy atom. The van der Waals surface area contributed by atoms with Crippen LogP contribution in [0.4, 0.5) is 13.2 Å². The van der Waals surface area contributed by atoms with Gasteiger partial charge in [0.2, 0.25) is 5.91 Å². The number of carbonyl (C=O) groups is 2. The zero-order valence-corrected chi connectivity index (χ0v) is 9.83. The number of nitrogens with one attached hydrogen (secondary N) is 1. The summed E-state index contributed by atoms with van der Waals surface area (Å²) in [6.45, 7) is -0.00217. The molecule has 7 heteroatoms. The van der Waals surface area contributed by atoms with E-state index in [-0.39, 0.29) is 12.1 Å². The van der Waals surface area contributed by atoms with Crippen LogP contribution in [0.5, 0.6) is 0 Å². The predicted octanol–water partition coefficient (Wildman–Crippen LogP) is 2.34. The number of benzene rings is 1. The Morgan fingerprint density at radius 2 is 1.95 bits per heavy atom. The van der Waals surface area contributed by atoms with E-state index in [0.717, 1.165) is 0 Å². The number of hydrogen-bond acceptors (Lipinski definition) is 2. The first-order valence-electron chi connectivity index (χ1n) is 5.43. The molecule has 2 N–H and O–H groups in total. The smallest absolute Gasteiger partial charge is 0.389 e. The second-order valence-corrected chi connectivity index (χ2v) is 3.90. The van der Waals surface area contributed by atoms with Gasteiger partial charge in [0.1, 0.15) is 0 Å². The summed E-state index contributed by atoms with van der Waals surface area (Å²) in [6, 6.07) is 5.82. The molecule has 0 aliphatic carbocycles. The molecule has 0 fully saturated rings. The fourth-order valence-electron chi connectivity index (χ4n) is 1.36. The SMILES string of the molecule is O=C(CCC(F)(F)F)NCc1cccc(C(=O)O)c1. The first-order chi connectivity index (χ1) is 8.78. The lowest BCUT2D eigenvalue weighted by Gasteiger charge is -2.08. The van der Waals surface area contributed by atoms with Crippen molar-refractivity contribution in [1.82, 2.24) is 5.32 Å². The van der Waals surface area contributed by atoms with E-state index in [1.54, 1.807) is 6.07 Å². The summed E-state index contributed by atoms with van der Waals surface area (Å²) in [7, 11) is 0. The van der Waals surface area contributed by atoms with Crippen molar-refractivity contribution in [3.05, 3.63) is 35.4 Å². The van der Waals surface area contributed by atoms with Crippen molar-refractivity contribution in [2.75, 3.05) is 0 Å². The van der Waals surface area contributed by atoms with Crippen LogP contribution in [0.25, 0.3) is 0 Å². The van der Waals surface area contributed by atoms with Gasteiger partial charge in [-0.2, -0.15) is 13.2 Å². The van der Waals surface area contributed by atoms with Crippen LogP contribution in [-0.2, 0) is 11.3 Å². The predicted molar refractivity (Wildman–Crippen MR) is 60.5 cm³/mol. The molecule has 1 rings (SSSR count). The Hall–Kier alpha value is -2.05. The van der Waals surface area contributed by atoms with Crippen molar-refractivity contribution in [2.45, 2.75) is 25.6 Å². The Labute approximate surface area is 107 Å². The van der Waals surface area contributed by atoms with Crippen LogP contribution in [0.15, 0.2) is 24.3 Å². The van der Waals surface area contributed by atoms with Crippen molar-refractivity contribution >= 4 is 11.9 Å². The monoisotopic (exact) mass is 275 g/mol. The molecule has 0 aliphatic heterocycles. The average Bonchev–Trinajstić information content (AvgIpc) is 2.33. The van der Waals surface area contributed by atoms with Crippen LogP contribution < -0.4 is 5.32 Å². The number of rotatable bonds is 5. The lowest BCUT2D eigenvalue weighted by Crippen LogP contribution is -2.24. The first-order valence-corrected chi connectivity index (χ1v) is 5.43. The maximum absolute atomic E-state index is 11.9. The van der Waals surface area contributed by atoms with E-state index in [1.807, 2.05) is 0 Å². The molecule has 0 saturated heterocycles. The third-order valence-corrected chi connectivity index (χ3v) is 2.30. The largest absolute Gasteiger partial charge is 0.478 e. The van der Waals surface area contributed by atoms with Gasteiger partial charge >= 0.3 is 12.1 Å². The van der Waals surface area contributed by atoms with Gasteiger partial charge in [0.25, 0.3) is 0 Å². The minimum Gasteiger partial charge on any atom is -0.478 e. The van der Waals surface area contributed by atoms with Gasteiger partial charge in [-0.3, -0.25) is 4.79 Å². The van der Waals surface area contributed by atoms with E-state index in [4.69, 9.17) is 5.11 Å². The highest BCUT2D eigenvalue weighted by Gasteiger charge is 2.27. The Kier molecular flexibility index (Phi) is 4.91. The fraction of sp³-hybridized carbons (Fsp3) is 0.333. The maximum atomic E-state index is 11.9. The maximum Gasteiger partial charge on any atom is 0.389 e. The molecule has 0 atom stereocenters. The van der Waals surface area contributed by atoms with Crippen molar-refractivity contribution in [3.8, 4) is 0 Å². The first kappa shape index (κ1) is 15.0. The molecule has 1 aromatic rings. The van der Waals surface area contributed by atoms with Gasteiger partial charge in [0, 0.05) is 13.0 Å². The lowest BCUT2D eigenvalue weighted by molar-refractivity contribution is -0.144. The van der Waals surface area contributed by atoms with Gasteiger partial charge in [-0.05, 0) is 17.7 Å². The normalized spacial score (nSPS) is 11.1. The number of carboxylic acid groups (broad SMARTS) is 1. The number of hydrogen-bond donors (Lipinski definition) is 2. The molecule has 104 valence electrons. The van der Waals surface area contributed by atoms with Crippen molar-refractivity contribution < 1.29 is 27.9 Å². The van der Waals surface area contributed by atoms with E-state index in [9.17, 15) is 22.8 Å². The van der Waals surface area contributed by atoms with Crippen LogP contribution in [0.3, 0.4) is 0 Å². The molecule has 0 saturated carbocycles. The van der Waals surface area contributed by atoms with Gasteiger partial charge in [-0.25, -0.2) is 4.79 Å². The number of carbonyl (C=O) groups excluding carboxylic acids is 1. The van der Waals surface area contributed by atoms with Crippen LogP contribution in [-0.4, -0.2) is 23.2 Å². The molecular weight excluding hydrogens is 263 g/mol. The zero-order valence-electron chi connectivity index (χ0n) is 9.83. The molecule has 0 unspecified atom stereocenters. The van der Waals surface area contributed by atoms with E-state index in [0.29, 0.717) is 5.56 Å². The topological polar surface area (TPSA) is 66.4 Å². The molecule has 0 heterocycles. The number of alkyl halides is 3. The minimum absolute atomic E-state index is 0.00217. The standard InChI is InChI=1S/C12H12F3NO3/c13-12(14,15)5-4-10(17)16-7-8-2-1-3-9(6-8)11(18)19/h1-3,6H,4-5,7H2,(H,16,17)(H,18,19). The Bertz CT molecular complexity index is 472. The molecule has 1 aromatic carbocycles. The summed E-state index contributed by atoms with van der Waals surface area (Å²) in [5, 5.41) is 11.1. The molecule has 0 aliphatic rings. The van der Waals surface area contributed by atoms with Gasteiger partial charge < -0.3 is 10.4 Å². The third-order valence-electron chi connectivity index (χ3n) is 2.30. The number of aromatic carboxylic acids is 1. The lowest BCUT2D eigenvalue weighted by atomic mass is 10.1. The third kappa shape index (κ3) is 5.89. The fourth-order valence-corrected chi connectivity index (χ4v) is 1.36. The quantitative estimate of drug-likeness (QED) is 0.866. The van der Waals surface area contributed by atoms with Crippen molar-refractivity contribution in [1.29, 1.82) is 0 Å². The van der Waals surface area contributed by atoms with Gasteiger partial charge in [0.05, 0.1) is 12.0 Å². The highest BCUT2D eigenvalue weighted by atomic mass is 19.4. The van der Waals surface area contributed by atoms with Gasteiger partial charge in [0.15, 0.2) is 0 Å². The van der Waals surface area contributed by atoms with Crippen molar-refractivity contribution in [2.24, 2.45) is 0 Å². The van der Waals surface area contributed by atoms with Crippen LogP contribution >= 0.6 is 0 Å². The van der Waals surface area contributed by atoms with Crippen LogP contribution in [0.2, 0.25) is 0 Å². The highest BCUT2D eigenvalue weighted by molar-refractivity contribution is 5.87. The number of carboxylic acids is 1. The molecule has 19 heavy (non-hydrogen) atoms. The summed E-state index contributed by atoms with van der Waals surface area (Å²) in [6.07, 6.45) is -6.17. The molecular formula is C12H12F3NO3. The minimum atomic E-state index is -4.36. The average molecular weight is 275 g/mol. The van der Waals surface area contributed by atoms with Crippen LogP contribution in [0, 0.1) is 0 Å². The molecule has 4 nitrogen and oxygen atoms in total. The van der Waals surface area contributed by atoms with E-state index in [1.165, 1.54) is 18.2 Å².